The topological polar surface area (TPSA) is 68.5 Å². The van der Waals surface area contributed by atoms with Crippen molar-refractivity contribution in [1.29, 1.82) is 0 Å². The fourth-order valence-corrected chi connectivity index (χ4v) is 3.10. The van der Waals surface area contributed by atoms with Crippen LogP contribution in [0.4, 0.5) is 4.39 Å². The molecule has 3 heterocycles. The van der Waals surface area contributed by atoms with Crippen molar-refractivity contribution in [2.24, 2.45) is 0 Å². The fourth-order valence-electron chi connectivity index (χ4n) is 3.10. The molecule has 0 N–H and O–H groups in total. The minimum absolute atomic E-state index is 0.162. The maximum Gasteiger partial charge on any atom is 0.289 e. The molecule has 0 bridgehead atoms. The number of carbonyl (C=O) groups excluding carboxylic acids is 1. The number of nitrogens with zero attached hydrogens (tertiary/aromatic N) is 3. The number of rotatable bonds is 5. The third kappa shape index (κ3) is 3.88. The lowest BCUT2D eigenvalue weighted by Gasteiger charge is -2.27. The zero-order chi connectivity index (χ0) is 19.5. The van der Waals surface area contributed by atoms with E-state index in [1.807, 2.05) is 13.1 Å². The molecule has 0 fully saturated rings. The molecule has 6 nitrogen and oxygen atoms in total. The Labute approximate surface area is 162 Å². The molecule has 0 saturated heterocycles. The molecule has 0 radical (unpaired) electrons. The van der Waals surface area contributed by atoms with Gasteiger partial charge < -0.3 is 14.1 Å². The summed E-state index contributed by atoms with van der Waals surface area (Å²) in [6, 6.07) is 9.11. The molecule has 1 aromatic carbocycles. The molecule has 7 heteroatoms. The molecule has 0 saturated carbocycles. The van der Waals surface area contributed by atoms with E-state index in [1.165, 1.54) is 12.1 Å². The van der Waals surface area contributed by atoms with Crippen molar-refractivity contribution in [3.05, 3.63) is 77.0 Å². The average molecular weight is 381 g/mol. The van der Waals surface area contributed by atoms with Gasteiger partial charge in [0.05, 0.1) is 12.2 Å². The Morgan fingerprint density at radius 2 is 2.07 bits per heavy atom. The van der Waals surface area contributed by atoms with E-state index in [9.17, 15) is 9.18 Å². The summed E-state index contributed by atoms with van der Waals surface area (Å²) in [5, 5.41) is 0. The Hall–Kier alpha value is -3.22. The SMILES string of the molecule is CCc1ncc2c(n1)CN(C(=O)c1ccc(COc3ccc(F)cc3)o1)CC2. The van der Waals surface area contributed by atoms with Gasteiger partial charge in [0.15, 0.2) is 5.76 Å². The van der Waals surface area contributed by atoms with E-state index in [1.54, 1.807) is 29.2 Å². The summed E-state index contributed by atoms with van der Waals surface area (Å²) in [4.78, 5) is 23.4. The van der Waals surface area contributed by atoms with Gasteiger partial charge in [-0.2, -0.15) is 0 Å². The van der Waals surface area contributed by atoms with Gasteiger partial charge in [-0.3, -0.25) is 4.79 Å². The van der Waals surface area contributed by atoms with Crippen LogP contribution >= 0.6 is 0 Å². The van der Waals surface area contributed by atoms with Crippen molar-refractivity contribution in [3.63, 3.8) is 0 Å². The minimum atomic E-state index is -0.322. The Balaban J connectivity index is 1.40. The van der Waals surface area contributed by atoms with Gasteiger partial charge in [0.25, 0.3) is 5.91 Å². The van der Waals surface area contributed by atoms with Crippen molar-refractivity contribution in [2.45, 2.75) is 32.9 Å². The monoisotopic (exact) mass is 381 g/mol. The molecule has 1 aliphatic rings. The molecule has 1 amide bonds. The molecule has 28 heavy (non-hydrogen) atoms. The first-order valence-corrected chi connectivity index (χ1v) is 9.22. The van der Waals surface area contributed by atoms with E-state index in [4.69, 9.17) is 9.15 Å². The number of furan rings is 1. The van der Waals surface area contributed by atoms with Crippen LogP contribution in [0.1, 0.15) is 40.3 Å². The molecule has 1 aliphatic heterocycles. The number of ether oxygens (including phenoxy) is 1. The largest absolute Gasteiger partial charge is 0.486 e. The number of amides is 1. The van der Waals surface area contributed by atoms with Gasteiger partial charge in [-0.15, -0.1) is 0 Å². The van der Waals surface area contributed by atoms with Gasteiger partial charge in [0.2, 0.25) is 0 Å². The molecule has 3 aromatic rings. The van der Waals surface area contributed by atoms with Crippen LogP contribution in [0.15, 0.2) is 47.0 Å². The summed E-state index contributed by atoms with van der Waals surface area (Å²) in [6.07, 6.45) is 3.35. The summed E-state index contributed by atoms with van der Waals surface area (Å²) in [5.41, 5.74) is 1.99. The van der Waals surface area contributed by atoms with Crippen molar-refractivity contribution in [3.8, 4) is 5.75 Å². The second-order valence-corrected chi connectivity index (χ2v) is 6.60. The zero-order valence-electron chi connectivity index (χ0n) is 15.5. The molecule has 0 spiro atoms. The number of benzene rings is 1. The summed E-state index contributed by atoms with van der Waals surface area (Å²) >= 11 is 0. The number of hydrogen-bond donors (Lipinski definition) is 0. The van der Waals surface area contributed by atoms with Crippen molar-refractivity contribution in [2.75, 3.05) is 6.54 Å². The predicted octanol–water partition coefficient (Wildman–Crippen LogP) is 3.55. The molecule has 144 valence electrons. The fraction of sp³-hybridized carbons (Fsp3) is 0.286. The van der Waals surface area contributed by atoms with Crippen LogP contribution in [0, 0.1) is 5.82 Å². The zero-order valence-corrected chi connectivity index (χ0v) is 15.5. The quantitative estimate of drug-likeness (QED) is 0.676. The highest BCUT2D eigenvalue weighted by atomic mass is 19.1. The first kappa shape index (κ1) is 18.2. The number of aromatic nitrogens is 2. The highest BCUT2D eigenvalue weighted by molar-refractivity contribution is 5.91. The van der Waals surface area contributed by atoms with Crippen LogP contribution in [-0.4, -0.2) is 27.3 Å². The summed E-state index contributed by atoms with van der Waals surface area (Å²) in [6.45, 7) is 3.22. The van der Waals surface area contributed by atoms with Crippen LogP contribution in [0.3, 0.4) is 0 Å². The lowest BCUT2D eigenvalue weighted by Crippen LogP contribution is -2.36. The standard InChI is InChI=1S/C21H20FN3O3/c1-2-20-23-11-14-9-10-25(12-18(14)24-20)21(26)19-8-7-17(28-19)13-27-16-5-3-15(22)4-6-16/h3-8,11H,2,9-10,12-13H2,1H3. The maximum absolute atomic E-state index is 12.9. The van der Waals surface area contributed by atoms with E-state index in [0.717, 1.165) is 29.9 Å². The Bertz CT molecular complexity index is 985. The normalized spacial score (nSPS) is 13.3. The van der Waals surface area contributed by atoms with Gasteiger partial charge in [0, 0.05) is 19.2 Å². The van der Waals surface area contributed by atoms with E-state index in [-0.39, 0.29) is 24.1 Å². The Morgan fingerprint density at radius 1 is 1.25 bits per heavy atom. The van der Waals surface area contributed by atoms with E-state index < -0.39 is 0 Å². The molecule has 4 rings (SSSR count). The van der Waals surface area contributed by atoms with E-state index in [0.29, 0.717) is 24.6 Å². The van der Waals surface area contributed by atoms with Crippen molar-refractivity contribution < 1.29 is 18.3 Å². The molecule has 0 aliphatic carbocycles. The number of fused-ring (bicyclic) bond motifs is 1. The van der Waals surface area contributed by atoms with E-state index in [2.05, 4.69) is 9.97 Å². The number of halogens is 1. The molecule has 0 unspecified atom stereocenters. The lowest BCUT2D eigenvalue weighted by molar-refractivity contribution is 0.0695. The second-order valence-electron chi connectivity index (χ2n) is 6.60. The molecule has 0 atom stereocenters. The van der Waals surface area contributed by atoms with Crippen LogP contribution in [0.2, 0.25) is 0 Å². The summed E-state index contributed by atoms with van der Waals surface area (Å²) < 4.78 is 24.1. The van der Waals surface area contributed by atoms with Crippen LogP contribution < -0.4 is 4.74 Å². The third-order valence-corrected chi connectivity index (χ3v) is 4.67. The number of carbonyl (C=O) groups is 1. The summed E-state index contributed by atoms with van der Waals surface area (Å²) in [7, 11) is 0. The van der Waals surface area contributed by atoms with Gasteiger partial charge in [0.1, 0.15) is 29.8 Å². The minimum Gasteiger partial charge on any atom is -0.486 e. The number of hydrogen-bond acceptors (Lipinski definition) is 5. The predicted molar refractivity (Wildman–Crippen MR) is 99.3 cm³/mol. The second kappa shape index (κ2) is 7.80. The van der Waals surface area contributed by atoms with Gasteiger partial charge in [-0.1, -0.05) is 6.92 Å². The lowest BCUT2D eigenvalue weighted by atomic mass is 10.1. The maximum atomic E-state index is 12.9. The highest BCUT2D eigenvalue weighted by Crippen LogP contribution is 2.21. The molecule has 2 aromatic heterocycles. The Kier molecular flexibility index (Phi) is 5.06. The number of aryl methyl sites for hydroxylation is 1. The van der Waals surface area contributed by atoms with Gasteiger partial charge in [-0.05, 0) is 48.4 Å². The van der Waals surface area contributed by atoms with Crippen LogP contribution in [-0.2, 0) is 26.0 Å². The smallest absolute Gasteiger partial charge is 0.289 e. The summed E-state index contributed by atoms with van der Waals surface area (Å²) in [5.74, 6) is 1.62. The van der Waals surface area contributed by atoms with Crippen LogP contribution in [0.25, 0.3) is 0 Å². The van der Waals surface area contributed by atoms with Gasteiger partial charge in [-0.25, -0.2) is 14.4 Å². The first-order chi connectivity index (χ1) is 13.6. The highest BCUT2D eigenvalue weighted by Gasteiger charge is 2.25. The molecular weight excluding hydrogens is 361 g/mol. The van der Waals surface area contributed by atoms with Crippen LogP contribution in [0.5, 0.6) is 5.75 Å². The average Bonchev–Trinajstić information content (AvgIpc) is 3.21. The van der Waals surface area contributed by atoms with Gasteiger partial charge >= 0.3 is 0 Å². The Morgan fingerprint density at radius 3 is 2.86 bits per heavy atom. The van der Waals surface area contributed by atoms with Crippen molar-refractivity contribution >= 4 is 5.91 Å². The first-order valence-electron chi connectivity index (χ1n) is 9.22. The third-order valence-electron chi connectivity index (χ3n) is 4.67. The van der Waals surface area contributed by atoms with E-state index >= 15 is 0 Å². The molecular formula is C21H20FN3O3. The van der Waals surface area contributed by atoms with Crippen molar-refractivity contribution in [1.82, 2.24) is 14.9 Å².